The first-order valence-electron chi connectivity index (χ1n) is 6.12. The third kappa shape index (κ3) is 1.36. The minimum Gasteiger partial charge on any atom is -0.367 e. The van der Waals surface area contributed by atoms with E-state index in [1.54, 1.807) is 0 Å². The molecule has 0 radical (unpaired) electrons. The summed E-state index contributed by atoms with van der Waals surface area (Å²) in [6, 6.07) is 4.36. The van der Waals surface area contributed by atoms with E-state index >= 15 is 0 Å². The standard InChI is InChI=1S/C15H18N2/c1-14(2)10-15(3,11-4-6-16-8-11)12-5-7-17-9-13(12)14/h4-9,16H,10H2,1-3H3. The molecule has 0 aromatic carbocycles. The molecular formula is C15H18N2. The molecule has 0 saturated heterocycles. The summed E-state index contributed by atoms with van der Waals surface area (Å²) in [6.07, 6.45) is 9.20. The summed E-state index contributed by atoms with van der Waals surface area (Å²) in [5, 5.41) is 0. The molecule has 1 N–H and O–H groups in total. The molecule has 0 amide bonds. The molecule has 3 rings (SSSR count). The Balaban J connectivity index is 2.23. The fraction of sp³-hybridized carbons (Fsp3) is 0.400. The van der Waals surface area contributed by atoms with Gasteiger partial charge in [0.25, 0.3) is 0 Å². The number of aromatic nitrogens is 2. The van der Waals surface area contributed by atoms with Gasteiger partial charge in [0.15, 0.2) is 0 Å². The van der Waals surface area contributed by atoms with Crippen molar-refractivity contribution in [3.63, 3.8) is 0 Å². The van der Waals surface area contributed by atoms with Crippen LogP contribution in [0.25, 0.3) is 0 Å². The van der Waals surface area contributed by atoms with Crippen molar-refractivity contribution in [2.75, 3.05) is 0 Å². The van der Waals surface area contributed by atoms with Crippen molar-refractivity contribution in [1.82, 2.24) is 9.97 Å². The highest BCUT2D eigenvalue weighted by Gasteiger charge is 2.45. The maximum absolute atomic E-state index is 4.29. The van der Waals surface area contributed by atoms with Crippen LogP contribution in [0, 0.1) is 0 Å². The van der Waals surface area contributed by atoms with Gasteiger partial charge in [-0.05, 0) is 40.7 Å². The fourth-order valence-corrected chi connectivity index (χ4v) is 3.41. The number of pyridine rings is 1. The van der Waals surface area contributed by atoms with Crippen molar-refractivity contribution in [3.8, 4) is 0 Å². The number of nitrogens with one attached hydrogen (secondary N) is 1. The van der Waals surface area contributed by atoms with Gasteiger partial charge >= 0.3 is 0 Å². The summed E-state index contributed by atoms with van der Waals surface area (Å²) in [4.78, 5) is 7.47. The average Bonchev–Trinajstić information content (AvgIpc) is 2.87. The van der Waals surface area contributed by atoms with Crippen molar-refractivity contribution in [2.45, 2.75) is 38.0 Å². The molecule has 1 atom stereocenters. The van der Waals surface area contributed by atoms with Gasteiger partial charge in [0, 0.05) is 30.2 Å². The van der Waals surface area contributed by atoms with Crippen molar-refractivity contribution in [1.29, 1.82) is 0 Å². The van der Waals surface area contributed by atoms with Gasteiger partial charge in [-0.3, -0.25) is 4.98 Å². The largest absolute Gasteiger partial charge is 0.367 e. The normalized spacial score (nSPS) is 25.8. The van der Waals surface area contributed by atoms with Gasteiger partial charge in [0.1, 0.15) is 0 Å². The molecule has 2 heterocycles. The van der Waals surface area contributed by atoms with Crippen LogP contribution in [0.3, 0.4) is 0 Å². The number of fused-ring (bicyclic) bond motifs is 1. The first kappa shape index (κ1) is 10.6. The summed E-state index contributed by atoms with van der Waals surface area (Å²) in [5.74, 6) is 0. The highest BCUT2D eigenvalue weighted by atomic mass is 14.7. The first-order valence-corrected chi connectivity index (χ1v) is 6.12. The number of rotatable bonds is 1. The average molecular weight is 226 g/mol. The SMILES string of the molecule is CC1(C)CC(C)(c2cc[nH]c2)c2ccncc21. The van der Waals surface area contributed by atoms with E-state index in [1.165, 1.54) is 16.7 Å². The zero-order chi connectivity index (χ0) is 12.1. The molecule has 0 saturated carbocycles. The minimum absolute atomic E-state index is 0.113. The molecule has 1 unspecified atom stereocenters. The van der Waals surface area contributed by atoms with Gasteiger partial charge in [-0.2, -0.15) is 0 Å². The molecule has 2 aromatic heterocycles. The van der Waals surface area contributed by atoms with E-state index in [1.807, 2.05) is 18.6 Å². The van der Waals surface area contributed by atoms with Crippen LogP contribution in [0.1, 0.15) is 43.9 Å². The van der Waals surface area contributed by atoms with Gasteiger partial charge in [0.05, 0.1) is 0 Å². The summed E-state index contributed by atoms with van der Waals surface area (Å²) in [5.41, 5.74) is 4.51. The number of H-pyrrole nitrogens is 1. The third-order valence-corrected chi connectivity index (χ3v) is 4.18. The van der Waals surface area contributed by atoms with Gasteiger partial charge < -0.3 is 4.98 Å². The van der Waals surface area contributed by atoms with Crippen LogP contribution in [0.2, 0.25) is 0 Å². The van der Waals surface area contributed by atoms with Crippen molar-refractivity contribution in [2.24, 2.45) is 0 Å². The van der Waals surface area contributed by atoms with Crippen LogP contribution >= 0.6 is 0 Å². The van der Waals surface area contributed by atoms with Crippen molar-refractivity contribution in [3.05, 3.63) is 53.6 Å². The molecule has 0 aliphatic heterocycles. The highest BCUT2D eigenvalue weighted by Crippen LogP contribution is 2.52. The molecule has 1 aliphatic carbocycles. The Kier molecular flexibility index (Phi) is 2.00. The quantitative estimate of drug-likeness (QED) is 0.793. The predicted octanol–water partition coefficient (Wildman–Crippen LogP) is 3.40. The Bertz CT molecular complexity index is 540. The molecule has 0 bridgehead atoms. The molecule has 0 fully saturated rings. The maximum Gasteiger partial charge on any atom is 0.0308 e. The van der Waals surface area contributed by atoms with E-state index < -0.39 is 0 Å². The Morgan fingerprint density at radius 2 is 2.00 bits per heavy atom. The molecule has 1 aliphatic rings. The van der Waals surface area contributed by atoms with Crippen LogP contribution in [0.4, 0.5) is 0 Å². The smallest absolute Gasteiger partial charge is 0.0308 e. The predicted molar refractivity (Wildman–Crippen MR) is 69.1 cm³/mol. The number of hydrogen-bond donors (Lipinski definition) is 1. The molecule has 2 aromatic rings. The van der Waals surface area contributed by atoms with Crippen LogP contribution in [0.15, 0.2) is 36.9 Å². The van der Waals surface area contributed by atoms with E-state index in [0.717, 1.165) is 6.42 Å². The summed E-state index contributed by atoms with van der Waals surface area (Å²) in [6.45, 7) is 6.96. The van der Waals surface area contributed by atoms with E-state index in [0.29, 0.717) is 0 Å². The zero-order valence-electron chi connectivity index (χ0n) is 10.6. The zero-order valence-corrected chi connectivity index (χ0v) is 10.6. The molecule has 88 valence electrons. The fourth-order valence-electron chi connectivity index (χ4n) is 3.41. The number of nitrogens with zero attached hydrogens (tertiary/aromatic N) is 1. The number of hydrogen-bond acceptors (Lipinski definition) is 1. The second-order valence-electron chi connectivity index (χ2n) is 5.91. The lowest BCUT2D eigenvalue weighted by molar-refractivity contribution is 0.425. The van der Waals surface area contributed by atoms with E-state index in [4.69, 9.17) is 0 Å². The van der Waals surface area contributed by atoms with E-state index in [-0.39, 0.29) is 10.8 Å². The van der Waals surface area contributed by atoms with Crippen LogP contribution in [0.5, 0.6) is 0 Å². The van der Waals surface area contributed by atoms with Crippen LogP contribution in [-0.4, -0.2) is 9.97 Å². The second-order valence-corrected chi connectivity index (χ2v) is 5.91. The molecular weight excluding hydrogens is 208 g/mol. The Morgan fingerprint density at radius 1 is 1.18 bits per heavy atom. The first-order chi connectivity index (χ1) is 8.04. The lowest BCUT2D eigenvalue weighted by Gasteiger charge is -2.26. The Morgan fingerprint density at radius 3 is 2.71 bits per heavy atom. The third-order valence-electron chi connectivity index (χ3n) is 4.18. The Hall–Kier alpha value is -1.57. The van der Waals surface area contributed by atoms with Crippen molar-refractivity contribution >= 4 is 0 Å². The van der Waals surface area contributed by atoms with Gasteiger partial charge in [-0.1, -0.05) is 20.8 Å². The second kappa shape index (κ2) is 3.22. The van der Waals surface area contributed by atoms with Gasteiger partial charge in [-0.15, -0.1) is 0 Å². The topological polar surface area (TPSA) is 28.7 Å². The van der Waals surface area contributed by atoms with E-state index in [2.05, 4.69) is 49.1 Å². The van der Waals surface area contributed by atoms with Crippen LogP contribution < -0.4 is 0 Å². The monoisotopic (exact) mass is 226 g/mol. The summed E-state index contributed by atoms with van der Waals surface area (Å²) >= 11 is 0. The molecule has 2 heteroatoms. The lowest BCUT2D eigenvalue weighted by atomic mass is 9.76. The molecule has 0 spiro atoms. The summed E-state index contributed by atoms with van der Waals surface area (Å²) < 4.78 is 0. The molecule has 17 heavy (non-hydrogen) atoms. The van der Waals surface area contributed by atoms with Gasteiger partial charge in [-0.25, -0.2) is 0 Å². The minimum atomic E-state index is 0.113. The molecule has 2 nitrogen and oxygen atoms in total. The maximum atomic E-state index is 4.29. The Labute approximate surface area is 102 Å². The highest BCUT2D eigenvalue weighted by molar-refractivity contribution is 5.49. The van der Waals surface area contributed by atoms with Crippen LogP contribution in [-0.2, 0) is 10.8 Å². The van der Waals surface area contributed by atoms with Crippen molar-refractivity contribution < 1.29 is 0 Å². The van der Waals surface area contributed by atoms with Gasteiger partial charge in [0.2, 0.25) is 0 Å². The van der Waals surface area contributed by atoms with E-state index in [9.17, 15) is 0 Å². The number of aromatic amines is 1. The lowest BCUT2D eigenvalue weighted by Crippen LogP contribution is -2.22. The summed E-state index contributed by atoms with van der Waals surface area (Å²) in [7, 11) is 0.